The average Bonchev–Trinajstić information content (AvgIpc) is 2.89. The number of aromatic amines is 1. The van der Waals surface area contributed by atoms with Gasteiger partial charge in [0.1, 0.15) is 5.82 Å². The van der Waals surface area contributed by atoms with Gasteiger partial charge in [-0.3, -0.25) is 5.10 Å². The Labute approximate surface area is 108 Å². The van der Waals surface area contributed by atoms with Crippen molar-refractivity contribution in [1.29, 1.82) is 0 Å². The van der Waals surface area contributed by atoms with Gasteiger partial charge in [-0.1, -0.05) is 19.3 Å². The zero-order chi connectivity index (χ0) is 12.2. The molecule has 0 radical (unpaired) electrons. The van der Waals surface area contributed by atoms with Crippen LogP contribution in [0.25, 0.3) is 0 Å². The van der Waals surface area contributed by atoms with E-state index in [1.54, 1.807) is 0 Å². The highest BCUT2D eigenvalue weighted by atomic mass is 16.5. The second-order valence-electron chi connectivity index (χ2n) is 5.41. The molecule has 2 N–H and O–H groups in total. The zero-order valence-corrected chi connectivity index (χ0v) is 10.8. The van der Waals surface area contributed by atoms with E-state index in [9.17, 15) is 0 Å². The van der Waals surface area contributed by atoms with E-state index in [-0.39, 0.29) is 0 Å². The first-order valence-electron chi connectivity index (χ1n) is 7.14. The molecular formula is C13H22N4O. The van der Waals surface area contributed by atoms with E-state index in [4.69, 9.17) is 4.74 Å². The number of nitrogens with zero attached hydrogens (tertiary/aromatic N) is 2. The Hall–Kier alpha value is -0.940. The number of hydrogen-bond acceptors (Lipinski definition) is 4. The standard InChI is InChI=1S/C13H22N4O/c1-2-4-10(5-3-1)13-15-12(16-17-13)8-11-9-18-7-6-14-11/h10-11,14H,1-9H2,(H,15,16,17). The molecule has 18 heavy (non-hydrogen) atoms. The summed E-state index contributed by atoms with van der Waals surface area (Å²) in [6, 6.07) is 0.380. The number of aromatic nitrogens is 3. The molecule has 1 aromatic heterocycles. The summed E-state index contributed by atoms with van der Waals surface area (Å²) in [5, 5.41) is 10.9. The SMILES string of the molecule is C1CCC(c2n[nH]c(CC3COCCN3)n2)CC1. The van der Waals surface area contributed by atoms with E-state index in [0.29, 0.717) is 12.0 Å². The van der Waals surface area contributed by atoms with Gasteiger partial charge in [0.05, 0.1) is 13.2 Å². The number of nitrogens with one attached hydrogen (secondary N) is 2. The summed E-state index contributed by atoms with van der Waals surface area (Å²) < 4.78 is 5.45. The Morgan fingerprint density at radius 1 is 1.22 bits per heavy atom. The fourth-order valence-electron chi connectivity index (χ4n) is 2.93. The smallest absolute Gasteiger partial charge is 0.153 e. The van der Waals surface area contributed by atoms with Crippen LogP contribution in [-0.2, 0) is 11.2 Å². The summed E-state index contributed by atoms with van der Waals surface area (Å²) in [6.45, 7) is 2.54. The molecule has 1 aliphatic carbocycles. The van der Waals surface area contributed by atoms with Gasteiger partial charge in [-0.25, -0.2) is 4.98 Å². The maximum atomic E-state index is 5.45. The fourth-order valence-corrected chi connectivity index (χ4v) is 2.93. The van der Waals surface area contributed by atoms with E-state index in [1.165, 1.54) is 32.1 Å². The molecule has 0 spiro atoms. The molecule has 2 fully saturated rings. The van der Waals surface area contributed by atoms with Gasteiger partial charge in [-0.15, -0.1) is 0 Å². The quantitative estimate of drug-likeness (QED) is 0.851. The molecule has 0 amide bonds. The highest BCUT2D eigenvalue weighted by Gasteiger charge is 2.21. The highest BCUT2D eigenvalue weighted by molar-refractivity contribution is 5.00. The molecule has 5 nitrogen and oxygen atoms in total. The summed E-state index contributed by atoms with van der Waals surface area (Å²) in [5.74, 6) is 2.61. The molecular weight excluding hydrogens is 228 g/mol. The van der Waals surface area contributed by atoms with Gasteiger partial charge < -0.3 is 10.1 Å². The lowest BCUT2D eigenvalue weighted by Gasteiger charge is -2.22. The molecule has 1 unspecified atom stereocenters. The van der Waals surface area contributed by atoms with Crippen LogP contribution in [0.2, 0.25) is 0 Å². The second-order valence-corrected chi connectivity index (χ2v) is 5.41. The molecule has 1 aliphatic heterocycles. The van der Waals surface area contributed by atoms with Crippen LogP contribution in [0.5, 0.6) is 0 Å². The number of ether oxygens (including phenoxy) is 1. The first-order valence-corrected chi connectivity index (χ1v) is 7.14. The molecule has 1 atom stereocenters. The molecule has 3 rings (SSSR count). The van der Waals surface area contributed by atoms with Crippen molar-refractivity contribution in [3.05, 3.63) is 11.6 Å². The minimum atomic E-state index is 0.380. The van der Waals surface area contributed by atoms with E-state index in [2.05, 4.69) is 20.5 Å². The van der Waals surface area contributed by atoms with Gasteiger partial charge >= 0.3 is 0 Å². The molecule has 1 saturated carbocycles. The van der Waals surface area contributed by atoms with E-state index < -0.39 is 0 Å². The maximum absolute atomic E-state index is 5.45. The molecule has 5 heteroatoms. The second kappa shape index (κ2) is 5.80. The lowest BCUT2D eigenvalue weighted by molar-refractivity contribution is 0.0764. The first kappa shape index (κ1) is 12.1. The van der Waals surface area contributed by atoms with Crippen LogP contribution in [0.3, 0.4) is 0 Å². The van der Waals surface area contributed by atoms with Crippen molar-refractivity contribution in [3.63, 3.8) is 0 Å². The molecule has 2 aliphatic rings. The normalized spacial score (nSPS) is 26.3. The van der Waals surface area contributed by atoms with Crippen LogP contribution in [0.1, 0.15) is 49.7 Å². The van der Waals surface area contributed by atoms with Crippen LogP contribution >= 0.6 is 0 Å². The lowest BCUT2D eigenvalue weighted by Crippen LogP contribution is -2.42. The number of morpholine rings is 1. The van der Waals surface area contributed by atoms with Gasteiger partial charge in [0.15, 0.2) is 5.82 Å². The van der Waals surface area contributed by atoms with Crippen molar-refractivity contribution < 1.29 is 4.74 Å². The maximum Gasteiger partial charge on any atom is 0.153 e. The Balaban J connectivity index is 1.58. The van der Waals surface area contributed by atoms with Crippen molar-refractivity contribution in [1.82, 2.24) is 20.5 Å². The minimum absolute atomic E-state index is 0.380. The molecule has 100 valence electrons. The van der Waals surface area contributed by atoms with Crippen molar-refractivity contribution in [2.75, 3.05) is 19.8 Å². The third kappa shape index (κ3) is 2.90. The van der Waals surface area contributed by atoms with Crippen LogP contribution in [-0.4, -0.2) is 41.0 Å². The highest BCUT2D eigenvalue weighted by Crippen LogP contribution is 2.30. The largest absolute Gasteiger partial charge is 0.379 e. The lowest BCUT2D eigenvalue weighted by atomic mass is 9.89. The Bertz CT molecular complexity index is 367. The van der Waals surface area contributed by atoms with Gasteiger partial charge in [0.25, 0.3) is 0 Å². The molecule has 0 bridgehead atoms. The number of rotatable bonds is 3. The Morgan fingerprint density at radius 3 is 2.89 bits per heavy atom. The Kier molecular flexibility index (Phi) is 3.90. The topological polar surface area (TPSA) is 62.8 Å². The zero-order valence-electron chi connectivity index (χ0n) is 10.8. The minimum Gasteiger partial charge on any atom is -0.379 e. The molecule has 1 aromatic rings. The summed E-state index contributed by atoms with van der Waals surface area (Å²) in [5.41, 5.74) is 0. The molecule has 0 aromatic carbocycles. The summed E-state index contributed by atoms with van der Waals surface area (Å²) >= 11 is 0. The van der Waals surface area contributed by atoms with E-state index in [0.717, 1.165) is 37.8 Å². The van der Waals surface area contributed by atoms with E-state index >= 15 is 0 Å². The van der Waals surface area contributed by atoms with Gasteiger partial charge in [-0.05, 0) is 12.8 Å². The van der Waals surface area contributed by atoms with Gasteiger partial charge in [-0.2, -0.15) is 5.10 Å². The summed E-state index contributed by atoms with van der Waals surface area (Å²) in [7, 11) is 0. The number of hydrogen-bond donors (Lipinski definition) is 2. The molecule has 1 saturated heterocycles. The van der Waals surface area contributed by atoms with Crippen molar-refractivity contribution in [3.8, 4) is 0 Å². The summed E-state index contributed by atoms with van der Waals surface area (Å²) in [4.78, 5) is 4.67. The molecule has 2 heterocycles. The van der Waals surface area contributed by atoms with Crippen molar-refractivity contribution >= 4 is 0 Å². The van der Waals surface area contributed by atoms with Crippen molar-refractivity contribution in [2.45, 2.75) is 50.5 Å². The predicted octanol–water partition coefficient (Wildman–Crippen LogP) is 1.38. The Morgan fingerprint density at radius 2 is 2.11 bits per heavy atom. The third-order valence-corrected chi connectivity index (χ3v) is 3.96. The van der Waals surface area contributed by atoms with Crippen LogP contribution < -0.4 is 5.32 Å². The average molecular weight is 250 g/mol. The monoisotopic (exact) mass is 250 g/mol. The summed E-state index contributed by atoms with van der Waals surface area (Å²) in [6.07, 6.45) is 7.42. The van der Waals surface area contributed by atoms with Crippen LogP contribution in [0, 0.1) is 0 Å². The van der Waals surface area contributed by atoms with Crippen molar-refractivity contribution in [2.24, 2.45) is 0 Å². The number of H-pyrrole nitrogens is 1. The van der Waals surface area contributed by atoms with Gasteiger partial charge in [0.2, 0.25) is 0 Å². The third-order valence-electron chi connectivity index (χ3n) is 3.96. The van der Waals surface area contributed by atoms with Crippen LogP contribution in [0.4, 0.5) is 0 Å². The first-order chi connectivity index (χ1) is 8.92. The van der Waals surface area contributed by atoms with Crippen LogP contribution in [0.15, 0.2) is 0 Å². The predicted molar refractivity (Wildman–Crippen MR) is 68.5 cm³/mol. The fraction of sp³-hybridized carbons (Fsp3) is 0.846. The van der Waals surface area contributed by atoms with E-state index in [1.807, 2.05) is 0 Å². The van der Waals surface area contributed by atoms with Gasteiger partial charge in [0, 0.05) is 24.9 Å².